The molecule has 0 atom stereocenters. The van der Waals surface area contributed by atoms with Crippen LogP contribution in [0.15, 0.2) is 30.6 Å². The average molecular weight is 278 g/mol. The highest BCUT2D eigenvalue weighted by Gasteiger charge is 2.11. The Morgan fingerprint density at radius 2 is 2.05 bits per heavy atom. The van der Waals surface area contributed by atoms with Crippen molar-refractivity contribution in [2.45, 2.75) is 32.7 Å². The molecule has 0 aliphatic rings. The van der Waals surface area contributed by atoms with Gasteiger partial charge in [0.2, 0.25) is 0 Å². The van der Waals surface area contributed by atoms with Gasteiger partial charge in [-0.15, -0.1) is 0 Å². The summed E-state index contributed by atoms with van der Waals surface area (Å²) >= 11 is 0. The summed E-state index contributed by atoms with van der Waals surface area (Å²) in [5, 5.41) is 0. The summed E-state index contributed by atoms with van der Waals surface area (Å²) in [6, 6.07) is 3.52. The second kappa shape index (κ2) is 6.41. The molecule has 0 aliphatic carbocycles. The predicted octanol–water partition coefficient (Wildman–Crippen LogP) is 2.93. The highest BCUT2D eigenvalue weighted by Crippen LogP contribution is 2.11. The summed E-state index contributed by atoms with van der Waals surface area (Å²) in [5.41, 5.74) is 0.475. The van der Waals surface area contributed by atoms with E-state index in [1.165, 1.54) is 6.07 Å². The molecule has 2 aromatic rings. The Morgan fingerprint density at radius 3 is 2.75 bits per heavy atom. The van der Waals surface area contributed by atoms with Crippen molar-refractivity contribution in [3.63, 3.8) is 0 Å². The first-order chi connectivity index (χ1) is 9.60. The van der Waals surface area contributed by atoms with Gasteiger partial charge in [0.25, 0.3) is 0 Å². The Morgan fingerprint density at radius 1 is 1.25 bits per heavy atom. The number of hydrogen-bond donors (Lipinski definition) is 0. The molecule has 0 unspecified atom stereocenters. The van der Waals surface area contributed by atoms with Gasteiger partial charge in [-0.25, -0.2) is 13.8 Å². The number of benzene rings is 1. The number of nitrogens with zero attached hydrogens (tertiary/aromatic N) is 2. The number of Topliss-reactive ketones (excluding diaryl/α,β-unsaturated/α-hetero) is 1. The molecule has 3 nitrogen and oxygen atoms in total. The van der Waals surface area contributed by atoms with Crippen LogP contribution in [0.5, 0.6) is 0 Å². The van der Waals surface area contributed by atoms with E-state index in [4.69, 9.17) is 0 Å². The molecule has 0 N–H and O–H groups in total. The van der Waals surface area contributed by atoms with Crippen molar-refractivity contribution in [3.05, 3.63) is 53.6 Å². The normalized spacial score (nSPS) is 10.8. The van der Waals surface area contributed by atoms with Crippen molar-refractivity contribution in [2.24, 2.45) is 0 Å². The van der Waals surface area contributed by atoms with Crippen LogP contribution in [0.25, 0.3) is 0 Å². The van der Waals surface area contributed by atoms with Crippen LogP contribution in [-0.2, 0) is 24.2 Å². The number of aryl methyl sites for hydroxylation is 1. The van der Waals surface area contributed by atoms with Crippen LogP contribution in [0.1, 0.15) is 24.7 Å². The summed E-state index contributed by atoms with van der Waals surface area (Å²) < 4.78 is 27.8. The van der Waals surface area contributed by atoms with Crippen molar-refractivity contribution in [2.75, 3.05) is 0 Å². The molecule has 0 amide bonds. The Bertz CT molecular complexity index is 608. The van der Waals surface area contributed by atoms with Crippen LogP contribution in [0.4, 0.5) is 8.78 Å². The second-order valence-corrected chi connectivity index (χ2v) is 4.68. The van der Waals surface area contributed by atoms with Crippen molar-refractivity contribution in [1.82, 2.24) is 9.55 Å². The third-order valence-corrected chi connectivity index (χ3v) is 3.01. The van der Waals surface area contributed by atoms with Crippen LogP contribution in [0.2, 0.25) is 0 Å². The molecular weight excluding hydrogens is 262 g/mol. The van der Waals surface area contributed by atoms with Gasteiger partial charge < -0.3 is 4.57 Å². The lowest BCUT2D eigenvalue weighted by Gasteiger charge is -2.06. The smallest absolute Gasteiger partial charge is 0.159 e. The predicted molar refractivity (Wildman–Crippen MR) is 71.3 cm³/mol. The van der Waals surface area contributed by atoms with Gasteiger partial charge >= 0.3 is 0 Å². The van der Waals surface area contributed by atoms with E-state index in [2.05, 4.69) is 4.98 Å². The van der Waals surface area contributed by atoms with Gasteiger partial charge in [-0.2, -0.15) is 0 Å². The molecule has 1 aromatic carbocycles. The van der Waals surface area contributed by atoms with Gasteiger partial charge in [-0.1, -0.05) is 13.0 Å². The van der Waals surface area contributed by atoms with Gasteiger partial charge in [0.15, 0.2) is 11.6 Å². The zero-order valence-electron chi connectivity index (χ0n) is 11.3. The fourth-order valence-electron chi connectivity index (χ4n) is 2.07. The molecule has 0 saturated carbocycles. The van der Waals surface area contributed by atoms with Crippen molar-refractivity contribution >= 4 is 5.78 Å². The number of ketones is 1. The van der Waals surface area contributed by atoms with E-state index in [1.807, 2.05) is 17.7 Å². The van der Waals surface area contributed by atoms with Crippen LogP contribution in [-0.4, -0.2) is 15.3 Å². The lowest BCUT2D eigenvalue weighted by Crippen LogP contribution is -2.12. The quantitative estimate of drug-likeness (QED) is 0.814. The first-order valence-corrected chi connectivity index (χ1v) is 6.55. The summed E-state index contributed by atoms with van der Waals surface area (Å²) in [7, 11) is 0. The highest BCUT2D eigenvalue weighted by molar-refractivity contribution is 5.82. The number of carbonyl (C=O) groups is 1. The summed E-state index contributed by atoms with van der Waals surface area (Å²) in [6.07, 6.45) is 4.74. The molecule has 0 radical (unpaired) electrons. The van der Waals surface area contributed by atoms with E-state index in [0.29, 0.717) is 11.4 Å². The Balaban J connectivity index is 2.01. The minimum absolute atomic E-state index is 0.0699. The van der Waals surface area contributed by atoms with Gasteiger partial charge in [-0.05, 0) is 24.1 Å². The molecule has 20 heavy (non-hydrogen) atoms. The molecule has 2 rings (SSSR count). The van der Waals surface area contributed by atoms with Crippen LogP contribution in [0, 0.1) is 11.6 Å². The van der Waals surface area contributed by atoms with E-state index in [0.717, 1.165) is 25.1 Å². The molecule has 5 heteroatoms. The number of carbonyl (C=O) groups excluding carboxylic acids is 1. The Kier molecular flexibility index (Phi) is 4.61. The summed E-state index contributed by atoms with van der Waals surface area (Å²) in [6.45, 7) is 2.86. The maximum atomic E-state index is 13.1. The zero-order valence-corrected chi connectivity index (χ0v) is 11.3. The maximum absolute atomic E-state index is 13.1. The van der Waals surface area contributed by atoms with Crippen molar-refractivity contribution in [1.29, 1.82) is 0 Å². The minimum atomic E-state index is -0.928. The summed E-state index contributed by atoms with van der Waals surface area (Å²) in [5.74, 6) is -1.19. The standard InChI is InChI=1S/C15H16F2N2O/c1-2-6-19-7-5-18-15(19)10-12(20)8-11-3-4-13(16)14(17)9-11/h3-5,7,9H,2,6,8,10H2,1H3. The molecule has 0 fully saturated rings. The van der Waals surface area contributed by atoms with E-state index >= 15 is 0 Å². The number of aromatic nitrogens is 2. The van der Waals surface area contributed by atoms with E-state index in [9.17, 15) is 13.6 Å². The first-order valence-electron chi connectivity index (χ1n) is 6.55. The van der Waals surface area contributed by atoms with E-state index in [-0.39, 0.29) is 18.6 Å². The van der Waals surface area contributed by atoms with Crippen LogP contribution in [0.3, 0.4) is 0 Å². The zero-order chi connectivity index (χ0) is 14.5. The van der Waals surface area contributed by atoms with Gasteiger partial charge in [-0.3, -0.25) is 4.79 Å². The fourth-order valence-corrected chi connectivity index (χ4v) is 2.07. The monoisotopic (exact) mass is 278 g/mol. The van der Waals surface area contributed by atoms with E-state index in [1.54, 1.807) is 6.20 Å². The second-order valence-electron chi connectivity index (χ2n) is 4.68. The number of rotatable bonds is 6. The first kappa shape index (κ1) is 14.4. The third-order valence-electron chi connectivity index (χ3n) is 3.01. The lowest BCUT2D eigenvalue weighted by molar-refractivity contribution is -0.117. The molecule has 0 saturated heterocycles. The molecule has 0 spiro atoms. The SMILES string of the molecule is CCCn1ccnc1CC(=O)Cc1ccc(F)c(F)c1. The van der Waals surface area contributed by atoms with Crippen molar-refractivity contribution < 1.29 is 13.6 Å². The molecular formula is C15H16F2N2O. The largest absolute Gasteiger partial charge is 0.335 e. The molecule has 0 bridgehead atoms. The van der Waals surface area contributed by atoms with Crippen LogP contribution >= 0.6 is 0 Å². The fraction of sp³-hybridized carbons (Fsp3) is 0.333. The minimum Gasteiger partial charge on any atom is -0.335 e. The highest BCUT2D eigenvalue weighted by atomic mass is 19.2. The van der Waals surface area contributed by atoms with Crippen LogP contribution < -0.4 is 0 Å². The lowest BCUT2D eigenvalue weighted by atomic mass is 10.1. The number of imidazole rings is 1. The number of halogens is 2. The Hall–Kier alpha value is -2.04. The van der Waals surface area contributed by atoms with Gasteiger partial charge in [0, 0.05) is 25.4 Å². The molecule has 1 heterocycles. The van der Waals surface area contributed by atoms with Gasteiger partial charge in [0.1, 0.15) is 11.6 Å². The van der Waals surface area contributed by atoms with Gasteiger partial charge in [0.05, 0.1) is 6.42 Å². The molecule has 1 aromatic heterocycles. The van der Waals surface area contributed by atoms with Crippen molar-refractivity contribution in [3.8, 4) is 0 Å². The summed E-state index contributed by atoms with van der Waals surface area (Å²) in [4.78, 5) is 16.1. The molecule has 106 valence electrons. The Labute approximate surface area is 116 Å². The third kappa shape index (κ3) is 3.50. The van der Waals surface area contributed by atoms with E-state index < -0.39 is 11.6 Å². The maximum Gasteiger partial charge on any atom is 0.159 e. The molecule has 0 aliphatic heterocycles. The average Bonchev–Trinajstić information content (AvgIpc) is 2.82. The number of hydrogen-bond acceptors (Lipinski definition) is 2. The topological polar surface area (TPSA) is 34.9 Å².